The normalized spacial score (nSPS) is 19.1. The Kier molecular flexibility index (Phi) is 7.78. The molecule has 5 heteroatoms. The minimum absolute atomic E-state index is 0.147. The number of carbonyl (C=O) groups excluding carboxylic acids is 2. The molecule has 0 bridgehead atoms. The molecule has 0 spiro atoms. The molecular formula is C30H41N3O2. The Bertz CT molecular complexity index is 1200. The summed E-state index contributed by atoms with van der Waals surface area (Å²) in [5.74, 6) is -0.528. The van der Waals surface area contributed by atoms with E-state index in [2.05, 4.69) is 88.0 Å². The molecule has 5 nitrogen and oxygen atoms in total. The molecule has 188 valence electrons. The largest absolute Gasteiger partial charge is 0.357 e. The molecule has 0 aliphatic carbocycles. The zero-order valence-electron chi connectivity index (χ0n) is 22.6. The number of piperazine rings is 1. The highest BCUT2D eigenvalue weighted by atomic mass is 16.2. The highest BCUT2D eigenvalue weighted by molar-refractivity contribution is 5.98. The zero-order chi connectivity index (χ0) is 26.1. The Labute approximate surface area is 210 Å². The summed E-state index contributed by atoms with van der Waals surface area (Å²) in [6.45, 7) is 20.6. The average molecular weight is 476 g/mol. The first-order valence-electron chi connectivity index (χ1n) is 12.5. The molecule has 1 aliphatic heterocycles. The van der Waals surface area contributed by atoms with E-state index in [0.29, 0.717) is 0 Å². The summed E-state index contributed by atoms with van der Waals surface area (Å²) in [6, 6.07) is 3.23. The van der Waals surface area contributed by atoms with Crippen molar-refractivity contribution in [2.75, 3.05) is 0 Å². The summed E-state index contributed by atoms with van der Waals surface area (Å²) in [5.41, 5.74) is 7.98. The highest BCUT2D eigenvalue weighted by Crippen LogP contribution is 2.40. The van der Waals surface area contributed by atoms with Gasteiger partial charge in [0.15, 0.2) is 0 Å². The van der Waals surface area contributed by atoms with Crippen molar-refractivity contribution in [3.8, 4) is 0 Å². The molecule has 1 aromatic heterocycles. The van der Waals surface area contributed by atoms with Gasteiger partial charge >= 0.3 is 0 Å². The van der Waals surface area contributed by atoms with Gasteiger partial charge in [0.1, 0.15) is 12.1 Å². The number of aromatic nitrogens is 1. The number of hydrogen-bond acceptors (Lipinski definition) is 2. The fourth-order valence-electron chi connectivity index (χ4n) is 4.74. The van der Waals surface area contributed by atoms with Crippen molar-refractivity contribution < 1.29 is 9.59 Å². The fourth-order valence-corrected chi connectivity index (χ4v) is 4.74. The fraction of sp³-hybridized carbons (Fsp3) is 0.467. The van der Waals surface area contributed by atoms with Gasteiger partial charge in [-0.1, -0.05) is 62.3 Å². The number of H-pyrrole nitrogens is 1. The van der Waals surface area contributed by atoms with Gasteiger partial charge in [0, 0.05) is 27.9 Å². The third-order valence-corrected chi connectivity index (χ3v) is 7.11. The molecule has 0 radical (unpaired) electrons. The van der Waals surface area contributed by atoms with Gasteiger partial charge in [0.05, 0.1) is 0 Å². The Hall–Kier alpha value is -3.08. The Morgan fingerprint density at radius 3 is 2.26 bits per heavy atom. The van der Waals surface area contributed by atoms with Crippen LogP contribution in [0.3, 0.4) is 0 Å². The second-order valence-electron chi connectivity index (χ2n) is 10.9. The number of amides is 2. The number of hydrogen-bond donors (Lipinski definition) is 3. The maximum atomic E-state index is 12.9. The predicted molar refractivity (Wildman–Crippen MR) is 146 cm³/mol. The molecule has 3 rings (SSSR count). The van der Waals surface area contributed by atoms with Gasteiger partial charge in [0.2, 0.25) is 11.8 Å². The van der Waals surface area contributed by atoms with Crippen molar-refractivity contribution >= 4 is 22.7 Å². The highest BCUT2D eigenvalue weighted by Gasteiger charge is 2.38. The van der Waals surface area contributed by atoms with Crippen LogP contribution in [0.25, 0.3) is 10.9 Å². The van der Waals surface area contributed by atoms with Gasteiger partial charge in [-0.25, -0.2) is 0 Å². The van der Waals surface area contributed by atoms with Gasteiger partial charge in [-0.15, -0.1) is 6.58 Å². The third kappa shape index (κ3) is 5.44. The molecule has 2 amide bonds. The van der Waals surface area contributed by atoms with Crippen molar-refractivity contribution in [1.29, 1.82) is 0 Å². The second kappa shape index (κ2) is 10.3. The van der Waals surface area contributed by atoms with Crippen LogP contribution in [0, 0.1) is 0 Å². The van der Waals surface area contributed by atoms with Gasteiger partial charge in [-0.2, -0.15) is 0 Å². The van der Waals surface area contributed by atoms with E-state index in [1.165, 1.54) is 22.3 Å². The lowest BCUT2D eigenvalue weighted by atomic mass is 9.80. The first kappa shape index (κ1) is 26.5. The Morgan fingerprint density at radius 2 is 1.66 bits per heavy atom. The minimum Gasteiger partial charge on any atom is -0.357 e. The molecule has 3 atom stereocenters. The SMILES string of the molecule is C=CC(C)(C)c1[nH]c2c(CC=C(C)C)c(CC=C(C)C)ccc2c1C(C)C1NC(=O)[C@H](C)NC1=O. The first-order valence-corrected chi connectivity index (χ1v) is 12.5. The van der Waals surface area contributed by atoms with Crippen molar-refractivity contribution in [2.45, 2.75) is 91.6 Å². The van der Waals surface area contributed by atoms with E-state index in [1.54, 1.807) is 6.92 Å². The van der Waals surface area contributed by atoms with E-state index in [0.717, 1.165) is 35.0 Å². The van der Waals surface area contributed by atoms with Gasteiger partial charge in [-0.3, -0.25) is 9.59 Å². The van der Waals surface area contributed by atoms with E-state index < -0.39 is 12.1 Å². The van der Waals surface area contributed by atoms with Crippen LogP contribution >= 0.6 is 0 Å². The number of carbonyl (C=O) groups is 2. The summed E-state index contributed by atoms with van der Waals surface area (Å²) in [6.07, 6.45) is 8.16. The summed E-state index contributed by atoms with van der Waals surface area (Å²) in [7, 11) is 0. The third-order valence-electron chi connectivity index (χ3n) is 7.11. The standard InChI is InChI=1S/C30H41N3O2/c1-10-30(8,9)27-24(19(6)25-29(35)31-20(7)28(34)33-25)23-16-14-21(13-11-17(2)3)22(26(23)32-27)15-12-18(4)5/h10-12,14,16,19-20,25,32H,1,13,15H2,2-9H3,(H,31,35)(H,33,34)/t19?,20-,25?/m0/s1. The maximum absolute atomic E-state index is 12.9. The lowest BCUT2D eigenvalue weighted by molar-refractivity contribution is -0.136. The lowest BCUT2D eigenvalue weighted by Crippen LogP contribution is -2.62. The Morgan fingerprint density at radius 1 is 1.03 bits per heavy atom. The summed E-state index contributed by atoms with van der Waals surface area (Å²) >= 11 is 0. The number of fused-ring (bicyclic) bond motifs is 1. The quantitative estimate of drug-likeness (QED) is 0.425. The van der Waals surface area contributed by atoms with Crippen LogP contribution < -0.4 is 10.6 Å². The second-order valence-corrected chi connectivity index (χ2v) is 10.9. The molecule has 2 unspecified atom stereocenters. The summed E-state index contributed by atoms with van der Waals surface area (Å²) < 4.78 is 0. The zero-order valence-corrected chi connectivity index (χ0v) is 22.6. The van der Waals surface area contributed by atoms with Crippen molar-refractivity contribution in [3.63, 3.8) is 0 Å². The van der Waals surface area contributed by atoms with Crippen LogP contribution in [0.2, 0.25) is 0 Å². The smallest absolute Gasteiger partial charge is 0.243 e. The predicted octanol–water partition coefficient (Wildman–Crippen LogP) is 5.76. The molecule has 1 aromatic carbocycles. The molecule has 0 saturated carbocycles. The molecule has 1 saturated heterocycles. The molecule has 3 N–H and O–H groups in total. The minimum atomic E-state index is -0.636. The van der Waals surface area contributed by atoms with Crippen molar-refractivity contribution in [3.05, 3.63) is 70.5 Å². The average Bonchev–Trinajstić information content (AvgIpc) is 3.18. The number of rotatable bonds is 8. The molecular weight excluding hydrogens is 434 g/mol. The van der Waals surface area contributed by atoms with Crippen LogP contribution in [0.1, 0.15) is 83.7 Å². The maximum Gasteiger partial charge on any atom is 0.243 e. The number of allylic oxidation sites excluding steroid dienone is 5. The summed E-state index contributed by atoms with van der Waals surface area (Å²) in [5, 5.41) is 6.88. The van der Waals surface area contributed by atoms with E-state index in [-0.39, 0.29) is 23.1 Å². The summed E-state index contributed by atoms with van der Waals surface area (Å²) in [4.78, 5) is 29.1. The molecule has 2 heterocycles. The van der Waals surface area contributed by atoms with Crippen LogP contribution in [0.4, 0.5) is 0 Å². The van der Waals surface area contributed by atoms with Crippen LogP contribution in [-0.2, 0) is 27.8 Å². The van der Waals surface area contributed by atoms with Gasteiger partial charge in [-0.05, 0) is 64.2 Å². The monoisotopic (exact) mass is 475 g/mol. The molecule has 2 aromatic rings. The number of nitrogens with one attached hydrogen (secondary N) is 3. The van der Waals surface area contributed by atoms with Gasteiger partial charge < -0.3 is 15.6 Å². The van der Waals surface area contributed by atoms with E-state index in [1.807, 2.05) is 13.0 Å². The molecule has 1 aliphatic rings. The van der Waals surface area contributed by atoms with Crippen LogP contribution in [0.15, 0.2) is 48.1 Å². The Balaban J connectivity index is 2.27. The van der Waals surface area contributed by atoms with Crippen molar-refractivity contribution in [2.24, 2.45) is 0 Å². The molecule has 1 fully saturated rings. The molecule has 35 heavy (non-hydrogen) atoms. The first-order chi connectivity index (χ1) is 16.4. The van der Waals surface area contributed by atoms with E-state index >= 15 is 0 Å². The van der Waals surface area contributed by atoms with Crippen LogP contribution in [0.5, 0.6) is 0 Å². The van der Waals surface area contributed by atoms with Crippen molar-refractivity contribution in [1.82, 2.24) is 15.6 Å². The number of benzene rings is 1. The van der Waals surface area contributed by atoms with Crippen LogP contribution in [-0.4, -0.2) is 28.9 Å². The topological polar surface area (TPSA) is 74.0 Å². The lowest BCUT2D eigenvalue weighted by Gasteiger charge is -2.33. The van der Waals surface area contributed by atoms with E-state index in [9.17, 15) is 9.59 Å². The van der Waals surface area contributed by atoms with Gasteiger partial charge in [0.25, 0.3) is 0 Å². The van der Waals surface area contributed by atoms with E-state index in [4.69, 9.17) is 0 Å². The number of aromatic amines is 1.